The largest absolute Gasteiger partial charge is 0.278 e. The van der Waals surface area contributed by atoms with Crippen LogP contribution in [0.3, 0.4) is 0 Å². The van der Waals surface area contributed by atoms with Crippen LogP contribution in [0.2, 0.25) is 0 Å². The molecule has 17 rings (SSSR count). The molecular formula is C73H43N5S. The van der Waals surface area contributed by atoms with Gasteiger partial charge >= 0.3 is 0 Å². The van der Waals surface area contributed by atoms with Crippen LogP contribution >= 0.6 is 11.3 Å². The lowest BCUT2D eigenvalue weighted by molar-refractivity contribution is 0.794. The highest BCUT2D eigenvalue weighted by molar-refractivity contribution is 7.22. The highest BCUT2D eigenvalue weighted by Crippen LogP contribution is 2.63. The lowest BCUT2D eigenvalue weighted by Crippen LogP contribution is -2.26. The smallest absolute Gasteiger partial charge is 0.235 e. The number of thiophene rings is 1. The molecule has 0 radical (unpaired) electrons. The number of rotatable bonds is 6. The number of benzene rings is 11. The van der Waals surface area contributed by atoms with Gasteiger partial charge in [0.1, 0.15) is 0 Å². The summed E-state index contributed by atoms with van der Waals surface area (Å²) in [6.45, 7) is 0. The van der Waals surface area contributed by atoms with Crippen LogP contribution in [-0.4, -0.2) is 24.5 Å². The predicted octanol–water partition coefficient (Wildman–Crippen LogP) is 18.6. The highest BCUT2D eigenvalue weighted by atomic mass is 32.1. The van der Waals surface area contributed by atoms with Gasteiger partial charge in [-0.25, -0.2) is 19.9 Å². The zero-order valence-corrected chi connectivity index (χ0v) is 43.3. The molecule has 6 heteroatoms. The van der Waals surface area contributed by atoms with Crippen LogP contribution in [-0.2, 0) is 5.41 Å². The van der Waals surface area contributed by atoms with Gasteiger partial charge in [-0.3, -0.25) is 4.57 Å². The molecule has 79 heavy (non-hydrogen) atoms. The second kappa shape index (κ2) is 16.9. The van der Waals surface area contributed by atoms with Crippen molar-refractivity contribution in [2.75, 3.05) is 0 Å². The van der Waals surface area contributed by atoms with Crippen molar-refractivity contribution in [2.45, 2.75) is 5.41 Å². The third-order valence-corrected chi connectivity index (χ3v) is 17.8. The van der Waals surface area contributed by atoms with E-state index < -0.39 is 5.41 Å². The van der Waals surface area contributed by atoms with Gasteiger partial charge in [0.05, 0.1) is 43.6 Å². The van der Waals surface area contributed by atoms with Crippen molar-refractivity contribution in [1.29, 1.82) is 0 Å². The second-order valence-corrected chi connectivity index (χ2v) is 21.9. The summed E-state index contributed by atoms with van der Waals surface area (Å²) >= 11 is 1.76. The average Bonchev–Trinajstić information content (AvgIpc) is 4.36. The Morgan fingerprint density at radius 2 is 0.886 bits per heavy atom. The molecule has 0 saturated heterocycles. The molecule has 1 spiro atoms. The first-order chi connectivity index (χ1) is 39.2. The van der Waals surface area contributed by atoms with Crippen molar-refractivity contribution in [3.63, 3.8) is 0 Å². The summed E-state index contributed by atoms with van der Waals surface area (Å²) in [5, 5.41) is 5.73. The molecule has 0 unspecified atom stereocenters. The van der Waals surface area contributed by atoms with E-state index in [0.717, 1.165) is 76.7 Å². The molecule has 0 atom stereocenters. The molecular weight excluding hydrogens is 979 g/mol. The van der Waals surface area contributed by atoms with E-state index in [2.05, 4.69) is 265 Å². The molecule has 0 N–H and O–H groups in total. The van der Waals surface area contributed by atoms with Crippen molar-refractivity contribution in [3.05, 3.63) is 283 Å². The van der Waals surface area contributed by atoms with Gasteiger partial charge in [0.25, 0.3) is 0 Å². The van der Waals surface area contributed by atoms with Crippen molar-refractivity contribution >= 4 is 65.0 Å². The summed E-state index contributed by atoms with van der Waals surface area (Å²) in [5.74, 6) is 1.35. The summed E-state index contributed by atoms with van der Waals surface area (Å²) < 4.78 is 3.35. The van der Waals surface area contributed by atoms with Crippen LogP contribution in [0.15, 0.2) is 261 Å². The van der Waals surface area contributed by atoms with Crippen LogP contribution in [0.4, 0.5) is 0 Å². The molecule has 0 fully saturated rings. The zero-order valence-electron chi connectivity index (χ0n) is 42.5. The van der Waals surface area contributed by atoms with E-state index in [9.17, 15) is 0 Å². The molecule has 5 nitrogen and oxygen atoms in total. The van der Waals surface area contributed by atoms with E-state index in [1.54, 1.807) is 11.3 Å². The Hall–Kier alpha value is -10.1. The Morgan fingerprint density at radius 1 is 0.329 bits per heavy atom. The number of fused-ring (bicyclic) bond motifs is 17. The van der Waals surface area contributed by atoms with Crippen LogP contribution in [0.1, 0.15) is 22.3 Å². The van der Waals surface area contributed by atoms with Gasteiger partial charge in [-0.1, -0.05) is 218 Å². The highest BCUT2D eigenvalue weighted by Gasteiger charge is 2.52. The quantitative estimate of drug-likeness (QED) is 0.167. The first-order valence-corrected chi connectivity index (χ1v) is 27.7. The summed E-state index contributed by atoms with van der Waals surface area (Å²) in [7, 11) is 0. The molecule has 11 aromatic carbocycles. The molecule has 366 valence electrons. The fraction of sp³-hybridized carbons (Fsp3) is 0.0137. The number of para-hydroxylation sites is 1. The minimum atomic E-state index is -0.612. The van der Waals surface area contributed by atoms with Crippen molar-refractivity contribution < 1.29 is 0 Å². The topological polar surface area (TPSA) is 56.5 Å². The van der Waals surface area contributed by atoms with E-state index in [4.69, 9.17) is 19.9 Å². The standard InChI is InChI=1S/C73H43N5S/c1-4-19-45(20-5-1)66-43-63-70(79-66)69(47-23-8-3-9-24-47)76-71(74-63)50-33-37-55-54-36-32-49(41-60(54)73(61(55)42-50)58-29-15-12-26-52(58)53-27-13-16-30-59(53)73)48-35-38-64-57(40-48)67-51-25-11-10-18-44(51)34-39-65(67)78(64)72-75-62-31-17-14-28-56(62)68(77-72)46-21-6-2-7-22-46/h1-43H. The predicted molar refractivity (Wildman–Crippen MR) is 326 cm³/mol. The summed E-state index contributed by atoms with van der Waals surface area (Å²) in [5.41, 5.74) is 21.8. The number of nitrogens with zero attached hydrogens (tertiary/aromatic N) is 5. The van der Waals surface area contributed by atoms with E-state index in [0.29, 0.717) is 11.8 Å². The number of hydrogen-bond acceptors (Lipinski definition) is 5. The summed E-state index contributed by atoms with van der Waals surface area (Å²) in [6.07, 6.45) is 0. The van der Waals surface area contributed by atoms with Crippen molar-refractivity contribution in [2.24, 2.45) is 0 Å². The molecule has 4 aromatic heterocycles. The zero-order chi connectivity index (χ0) is 51.8. The minimum absolute atomic E-state index is 0.612. The van der Waals surface area contributed by atoms with Crippen molar-refractivity contribution in [3.8, 4) is 83.7 Å². The van der Waals surface area contributed by atoms with Gasteiger partial charge < -0.3 is 0 Å². The Morgan fingerprint density at radius 3 is 1.62 bits per heavy atom. The molecule has 2 aliphatic carbocycles. The summed E-state index contributed by atoms with van der Waals surface area (Å²) in [4.78, 5) is 22.8. The first-order valence-electron chi connectivity index (χ1n) is 26.9. The Labute approximate surface area is 459 Å². The fourth-order valence-corrected chi connectivity index (χ4v) is 14.3. The summed E-state index contributed by atoms with van der Waals surface area (Å²) in [6, 6.07) is 94.6. The maximum Gasteiger partial charge on any atom is 0.235 e. The maximum atomic E-state index is 5.49. The number of aromatic nitrogens is 5. The van der Waals surface area contributed by atoms with E-state index in [1.807, 2.05) is 0 Å². The van der Waals surface area contributed by atoms with E-state index in [1.165, 1.54) is 71.1 Å². The molecule has 15 aromatic rings. The van der Waals surface area contributed by atoms with Crippen molar-refractivity contribution in [1.82, 2.24) is 24.5 Å². The molecule has 0 amide bonds. The van der Waals surface area contributed by atoms with Gasteiger partial charge in [-0.15, -0.1) is 11.3 Å². The van der Waals surface area contributed by atoms with Gasteiger partial charge in [-0.05, 0) is 114 Å². The molecule has 0 aliphatic heterocycles. The van der Waals surface area contributed by atoms with E-state index in [-0.39, 0.29) is 0 Å². The maximum absolute atomic E-state index is 5.49. The minimum Gasteiger partial charge on any atom is -0.278 e. The Balaban J connectivity index is 0.874. The second-order valence-electron chi connectivity index (χ2n) is 20.8. The lowest BCUT2D eigenvalue weighted by atomic mass is 9.70. The fourth-order valence-electron chi connectivity index (χ4n) is 13.2. The Kier molecular flexibility index (Phi) is 9.44. The molecule has 4 heterocycles. The first kappa shape index (κ1) is 44.0. The van der Waals surface area contributed by atoms with Crippen LogP contribution in [0.5, 0.6) is 0 Å². The third-order valence-electron chi connectivity index (χ3n) is 16.7. The van der Waals surface area contributed by atoms with Gasteiger partial charge in [0, 0.05) is 37.7 Å². The normalized spacial score (nSPS) is 12.9. The van der Waals surface area contributed by atoms with Crippen LogP contribution in [0.25, 0.3) is 137 Å². The average molecular weight is 1020 g/mol. The number of hydrogen-bond donors (Lipinski definition) is 0. The van der Waals surface area contributed by atoms with Gasteiger partial charge in [0.15, 0.2) is 5.82 Å². The molecule has 0 bridgehead atoms. The monoisotopic (exact) mass is 1020 g/mol. The van der Waals surface area contributed by atoms with Crippen LogP contribution in [0, 0.1) is 0 Å². The van der Waals surface area contributed by atoms with Gasteiger partial charge in [0.2, 0.25) is 5.95 Å². The molecule has 2 aliphatic rings. The lowest BCUT2D eigenvalue weighted by Gasteiger charge is -2.31. The molecule has 0 saturated carbocycles. The van der Waals surface area contributed by atoms with E-state index >= 15 is 0 Å². The van der Waals surface area contributed by atoms with Crippen LogP contribution < -0.4 is 0 Å². The SMILES string of the molecule is c1ccc(-c2cc3nc(-c4ccc5c(c4)C4(c6ccccc6-c6ccccc64)c4cc(-c6ccc7c(c6)c6c8ccccc8ccc6n7-c6nc(-c7ccccc7)c7ccccc7n6)ccc4-5)nc(-c4ccccc4)c3s2)cc1. The Bertz CT molecular complexity index is 4970. The third kappa shape index (κ3) is 6.44. The van der Waals surface area contributed by atoms with Gasteiger partial charge in [-0.2, -0.15) is 0 Å².